The van der Waals surface area contributed by atoms with Crippen LogP contribution in [-0.2, 0) is 0 Å². The summed E-state index contributed by atoms with van der Waals surface area (Å²) in [6, 6.07) is 11.7. The third kappa shape index (κ3) is 5.77. The zero-order chi connectivity index (χ0) is 18.8. The van der Waals surface area contributed by atoms with Crippen LogP contribution in [0.15, 0.2) is 47.6 Å². The molecule has 0 bridgehead atoms. The zero-order valence-corrected chi connectivity index (χ0v) is 15.0. The smallest absolute Gasteiger partial charge is 0.269 e. The Morgan fingerprint density at radius 3 is 2.54 bits per heavy atom. The van der Waals surface area contributed by atoms with Crippen molar-refractivity contribution in [2.45, 2.75) is 26.7 Å². The number of ether oxygens (including phenoxy) is 2. The molecule has 0 radical (unpaired) electrons. The third-order valence-corrected chi connectivity index (χ3v) is 3.51. The molecule has 0 aromatic heterocycles. The summed E-state index contributed by atoms with van der Waals surface area (Å²) in [4.78, 5) is 10.2. The van der Waals surface area contributed by atoms with E-state index in [1.54, 1.807) is 18.3 Å². The van der Waals surface area contributed by atoms with Crippen LogP contribution in [0, 0.1) is 10.1 Å². The van der Waals surface area contributed by atoms with E-state index in [-0.39, 0.29) is 5.69 Å². The van der Waals surface area contributed by atoms with E-state index in [2.05, 4.69) is 17.5 Å². The fourth-order valence-electron chi connectivity index (χ4n) is 2.16. The van der Waals surface area contributed by atoms with Crippen LogP contribution in [0.25, 0.3) is 0 Å². The first-order valence-corrected chi connectivity index (χ1v) is 8.57. The zero-order valence-electron chi connectivity index (χ0n) is 15.0. The maximum Gasteiger partial charge on any atom is 0.269 e. The van der Waals surface area contributed by atoms with E-state index in [1.165, 1.54) is 12.1 Å². The molecule has 138 valence electrons. The fourth-order valence-corrected chi connectivity index (χ4v) is 2.16. The van der Waals surface area contributed by atoms with E-state index < -0.39 is 4.92 Å². The van der Waals surface area contributed by atoms with Crippen LogP contribution in [0.4, 0.5) is 11.4 Å². The Morgan fingerprint density at radius 1 is 1.12 bits per heavy atom. The van der Waals surface area contributed by atoms with Gasteiger partial charge in [-0.15, -0.1) is 0 Å². The van der Waals surface area contributed by atoms with Gasteiger partial charge in [-0.25, -0.2) is 0 Å². The van der Waals surface area contributed by atoms with E-state index in [1.807, 2.05) is 25.1 Å². The lowest BCUT2D eigenvalue weighted by Crippen LogP contribution is -2.01. The number of nitrogens with one attached hydrogen (secondary N) is 1. The predicted molar refractivity (Wildman–Crippen MR) is 102 cm³/mol. The van der Waals surface area contributed by atoms with Gasteiger partial charge in [0.15, 0.2) is 11.5 Å². The summed E-state index contributed by atoms with van der Waals surface area (Å²) in [7, 11) is 0. The molecule has 0 aliphatic rings. The molecular formula is C19H23N3O4. The van der Waals surface area contributed by atoms with E-state index in [0.717, 1.165) is 24.2 Å². The van der Waals surface area contributed by atoms with E-state index in [9.17, 15) is 10.1 Å². The third-order valence-electron chi connectivity index (χ3n) is 3.51. The van der Waals surface area contributed by atoms with Crippen LogP contribution in [0.1, 0.15) is 32.3 Å². The van der Waals surface area contributed by atoms with Gasteiger partial charge in [0, 0.05) is 12.1 Å². The average molecular weight is 357 g/mol. The van der Waals surface area contributed by atoms with Gasteiger partial charge in [0.05, 0.1) is 30.0 Å². The molecule has 0 heterocycles. The van der Waals surface area contributed by atoms with Crippen molar-refractivity contribution in [1.82, 2.24) is 0 Å². The summed E-state index contributed by atoms with van der Waals surface area (Å²) in [6.45, 7) is 5.24. The molecule has 7 nitrogen and oxygen atoms in total. The lowest BCUT2D eigenvalue weighted by atomic mass is 10.2. The number of hydrazone groups is 1. The van der Waals surface area contributed by atoms with E-state index in [0.29, 0.717) is 24.7 Å². The number of anilines is 1. The largest absolute Gasteiger partial charge is 0.490 e. The molecule has 1 N–H and O–H groups in total. The quantitative estimate of drug-likeness (QED) is 0.290. The highest BCUT2D eigenvalue weighted by Gasteiger charge is 2.06. The van der Waals surface area contributed by atoms with Gasteiger partial charge in [0.2, 0.25) is 0 Å². The minimum absolute atomic E-state index is 0.0412. The summed E-state index contributed by atoms with van der Waals surface area (Å²) in [5.74, 6) is 1.41. The number of hydrogen-bond donors (Lipinski definition) is 1. The SMILES string of the molecule is CCCCOc1ccc(/C=N/Nc2ccc([N+](=O)[O-])cc2)cc1OCC. The molecule has 0 unspecified atom stereocenters. The van der Waals surface area contributed by atoms with Gasteiger partial charge in [0.25, 0.3) is 5.69 Å². The van der Waals surface area contributed by atoms with Crippen molar-refractivity contribution in [1.29, 1.82) is 0 Å². The number of hydrogen-bond acceptors (Lipinski definition) is 6. The minimum atomic E-state index is -0.438. The Morgan fingerprint density at radius 2 is 1.88 bits per heavy atom. The highest BCUT2D eigenvalue weighted by atomic mass is 16.6. The fraction of sp³-hybridized carbons (Fsp3) is 0.316. The summed E-state index contributed by atoms with van der Waals surface area (Å²) < 4.78 is 11.4. The van der Waals surface area contributed by atoms with Crippen LogP contribution in [0.3, 0.4) is 0 Å². The number of unbranched alkanes of at least 4 members (excludes halogenated alkanes) is 1. The summed E-state index contributed by atoms with van der Waals surface area (Å²) in [5.41, 5.74) is 4.40. The molecule has 0 saturated heterocycles. The molecule has 0 fully saturated rings. The van der Waals surface area contributed by atoms with Crippen molar-refractivity contribution in [3.63, 3.8) is 0 Å². The molecular weight excluding hydrogens is 334 g/mol. The minimum Gasteiger partial charge on any atom is -0.490 e. The highest BCUT2D eigenvalue weighted by Crippen LogP contribution is 2.28. The van der Waals surface area contributed by atoms with Crippen molar-refractivity contribution in [2.24, 2.45) is 5.10 Å². The highest BCUT2D eigenvalue weighted by molar-refractivity contribution is 5.81. The summed E-state index contributed by atoms with van der Waals surface area (Å²) in [5, 5.41) is 14.8. The van der Waals surface area contributed by atoms with Gasteiger partial charge in [-0.2, -0.15) is 5.10 Å². The molecule has 0 aliphatic carbocycles. The number of benzene rings is 2. The van der Waals surface area contributed by atoms with Crippen molar-refractivity contribution in [3.05, 3.63) is 58.1 Å². The van der Waals surface area contributed by atoms with Gasteiger partial charge < -0.3 is 9.47 Å². The Kier molecular flexibility index (Phi) is 7.42. The van der Waals surface area contributed by atoms with Crippen molar-refractivity contribution in [2.75, 3.05) is 18.6 Å². The van der Waals surface area contributed by atoms with Gasteiger partial charge in [-0.1, -0.05) is 13.3 Å². The maximum atomic E-state index is 10.6. The number of nitro groups is 1. The van der Waals surface area contributed by atoms with Crippen molar-refractivity contribution < 1.29 is 14.4 Å². The summed E-state index contributed by atoms with van der Waals surface area (Å²) in [6.07, 6.45) is 3.72. The first-order chi connectivity index (χ1) is 12.6. The topological polar surface area (TPSA) is 86.0 Å². The molecule has 2 aromatic rings. The van der Waals surface area contributed by atoms with Crippen molar-refractivity contribution in [3.8, 4) is 11.5 Å². The molecule has 26 heavy (non-hydrogen) atoms. The first-order valence-electron chi connectivity index (χ1n) is 8.57. The van der Waals surface area contributed by atoms with E-state index >= 15 is 0 Å². The second kappa shape index (κ2) is 10.0. The van der Waals surface area contributed by atoms with Gasteiger partial charge in [0.1, 0.15) is 0 Å². The number of rotatable bonds is 10. The Bertz CT molecular complexity index is 745. The Hall–Kier alpha value is -3.09. The first kappa shape index (κ1) is 19.2. The summed E-state index contributed by atoms with van der Waals surface area (Å²) >= 11 is 0. The number of non-ortho nitro benzene ring substituents is 1. The van der Waals surface area contributed by atoms with Crippen LogP contribution < -0.4 is 14.9 Å². The molecule has 0 amide bonds. The molecule has 2 aromatic carbocycles. The van der Waals surface area contributed by atoms with Crippen LogP contribution in [0.5, 0.6) is 11.5 Å². The average Bonchev–Trinajstić information content (AvgIpc) is 2.64. The van der Waals surface area contributed by atoms with Gasteiger partial charge in [-0.3, -0.25) is 15.5 Å². The lowest BCUT2D eigenvalue weighted by Gasteiger charge is -2.12. The standard InChI is InChI=1S/C19H23N3O4/c1-3-5-12-26-18-11-6-15(13-19(18)25-4-2)14-20-21-16-7-9-17(10-8-16)22(23)24/h6-11,13-14,21H,3-5,12H2,1-2H3/b20-14+. The monoisotopic (exact) mass is 357 g/mol. The van der Waals surface area contributed by atoms with Crippen LogP contribution >= 0.6 is 0 Å². The molecule has 0 saturated carbocycles. The second-order valence-corrected chi connectivity index (χ2v) is 5.52. The molecule has 0 atom stereocenters. The Labute approximate surface area is 152 Å². The van der Waals surface area contributed by atoms with Crippen LogP contribution in [0.2, 0.25) is 0 Å². The van der Waals surface area contributed by atoms with Gasteiger partial charge >= 0.3 is 0 Å². The number of nitro benzene ring substituents is 1. The second-order valence-electron chi connectivity index (χ2n) is 5.52. The molecule has 7 heteroatoms. The lowest BCUT2D eigenvalue weighted by molar-refractivity contribution is -0.384. The molecule has 0 aliphatic heterocycles. The number of nitrogens with zero attached hydrogens (tertiary/aromatic N) is 2. The van der Waals surface area contributed by atoms with E-state index in [4.69, 9.17) is 9.47 Å². The van der Waals surface area contributed by atoms with Gasteiger partial charge in [-0.05, 0) is 49.2 Å². The maximum absolute atomic E-state index is 10.6. The normalized spacial score (nSPS) is 10.7. The van der Waals surface area contributed by atoms with Crippen LogP contribution in [-0.4, -0.2) is 24.4 Å². The van der Waals surface area contributed by atoms with Crippen molar-refractivity contribution >= 4 is 17.6 Å². The molecule has 0 spiro atoms. The predicted octanol–water partition coefficient (Wildman–Crippen LogP) is 4.62. The Balaban J connectivity index is 2.02. The molecule has 2 rings (SSSR count).